The van der Waals surface area contributed by atoms with Crippen LogP contribution in [-0.4, -0.2) is 34.3 Å². The van der Waals surface area contributed by atoms with E-state index in [9.17, 15) is 13.5 Å². The summed E-state index contributed by atoms with van der Waals surface area (Å²) in [7, 11) is -0.682. The first-order valence-corrected chi connectivity index (χ1v) is 9.76. The standard InChI is InChI=1S/C19H25NO5S/c1-13(2)14-5-8-16(9-6-14)26(22,23)20-12-17(21)15-7-10-18(24-3)19(11-15)25-4/h5-11,13,17,20-21H,12H2,1-4H3. The van der Waals surface area contributed by atoms with Crippen molar-refractivity contribution in [1.82, 2.24) is 4.72 Å². The highest BCUT2D eigenvalue weighted by atomic mass is 32.2. The van der Waals surface area contributed by atoms with E-state index in [-0.39, 0.29) is 11.4 Å². The van der Waals surface area contributed by atoms with Crippen LogP contribution in [0.2, 0.25) is 0 Å². The van der Waals surface area contributed by atoms with Gasteiger partial charge in [-0.3, -0.25) is 0 Å². The lowest BCUT2D eigenvalue weighted by Gasteiger charge is -2.15. The first-order chi connectivity index (χ1) is 12.3. The van der Waals surface area contributed by atoms with Gasteiger partial charge in [0.15, 0.2) is 11.5 Å². The Kier molecular flexibility index (Phi) is 6.63. The average Bonchev–Trinajstić information content (AvgIpc) is 2.65. The fourth-order valence-electron chi connectivity index (χ4n) is 2.48. The third kappa shape index (κ3) is 4.75. The van der Waals surface area contributed by atoms with E-state index in [4.69, 9.17) is 9.47 Å². The molecule has 0 aliphatic carbocycles. The van der Waals surface area contributed by atoms with E-state index >= 15 is 0 Å². The number of nitrogens with one attached hydrogen (secondary N) is 1. The normalized spacial score (nSPS) is 12.8. The number of hydrogen-bond acceptors (Lipinski definition) is 5. The SMILES string of the molecule is COc1ccc(C(O)CNS(=O)(=O)c2ccc(C(C)C)cc2)cc1OC. The molecule has 7 heteroatoms. The Morgan fingerprint density at radius 3 is 2.08 bits per heavy atom. The van der Waals surface area contributed by atoms with Crippen LogP contribution in [0, 0.1) is 0 Å². The van der Waals surface area contributed by atoms with E-state index in [0.29, 0.717) is 23.0 Å². The third-order valence-electron chi connectivity index (χ3n) is 4.12. The Labute approximate surface area is 154 Å². The summed E-state index contributed by atoms with van der Waals surface area (Å²) in [5, 5.41) is 10.3. The Hall–Kier alpha value is -2.09. The maximum absolute atomic E-state index is 12.4. The lowest BCUT2D eigenvalue weighted by molar-refractivity contribution is 0.181. The molecule has 2 aromatic carbocycles. The highest BCUT2D eigenvalue weighted by molar-refractivity contribution is 7.89. The quantitative estimate of drug-likeness (QED) is 0.737. The second-order valence-electron chi connectivity index (χ2n) is 6.21. The lowest BCUT2D eigenvalue weighted by Crippen LogP contribution is -2.28. The zero-order chi connectivity index (χ0) is 19.3. The maximum Gasteiger partial charge on any atom is 0.240 e. The van der Waals surface area contributed by atoms with Crippen LogP contribution in [0.25, 0.3) is 0 Å². The molecule has 0 heterocycles. The molecule has 26 heavy (non-hydrogen) atoms. The summed E-state index contributed by atoms with van der Waals surface area (Å²) >= 11 is 0. The summed E-state index contributed by atoms with van der Waals surface area (Å²) in [6, 6.07) is 11.7. The van der Waals surface area contributed by atoms with E-state index in [1.807, 2.05) is 13.8 Å². The first-order valence-electron chi connectivity index (χ1n) is 8.28. The van der Waals surface area contributed by atoms with E-state index in [0.717, 1.165) is 5.56 Å². The number of ether oxygens (including phenoxy) is 2. The number of aliphatic hydroxyl groups excluding tert-OH is 1. The molecular formula is C19H25NO5S. The molecule has 2 rings (SSSR count). The van der Waals surface area contributed by atoms with Gasteiger partial charge in [-0.25, -0.2) is 13.1 Å². The zero-order valence-corrected chi connectivity index (χ0v) is 16.2. The van der Waals surface area contributed by atoms with Gasteiger partial charge in [0.05, 0.1) is 25.2 Å². The van der Waals surface area contributed by atoms with Gasteiger partial charge in [-0.1, -0.05) is 32.0 Å². The second-order valence-corrected chi connectivity index (χ2v) is 7.97. The van der Waals surface area contributed by atoms with Crippen molar-refractivity contribution in [3.63, 3.8) is 0 Å². The van der Waals surface area contributed by atoms with E-state index in [1.54, 1.807) is 42.5 Å². The van der Waals surface area contributed by atoms with Gasteiger partial charge in [-0.2, -0.15) is 0 Å². The number of rotatable bonds is 8. The topological polar surface area (TPSA) is 84.9 Å². The van der Waals surface area contributed by atoms with Crippen LogP contribution in [0.4, 0.5) is 0 Å². The zero-order valence-electron chi connectivity index (χ0n) is 15.4. The minimum Gasteiger partial charge on any atom is -0.493 e. The third-order valence-corrected chi connectivity index (χ3v) is 5.56. The summed E-state index contributed by atoms with van der Waals surface area (Å²) in [4.78, 5) is 0.168. The molecule has 1 unspecified atom stereocenters. The molecule has 0 fully saturated rings. The van der Waals surface area contributed by atoms with Crippen molar-refractivity contribution in [3.8, 4) is 11.5 Å². The van der Waals surface area contributed by atoms with Crippen LogP contribution in [0.15, 0.2) is 47.4 Å². The molecule has 142 valence electrons. The Morgan fingerprint density at radius 2 is 1.54 bits per heavy atom. The van der Waals surface area contributed by atoms with Gasteiger partial charge >= 0.3 is 0 Å². The van der Waals surface area contributed by atoms with Gasteiger partial charge in [0.2, 0.25) is 10.0 Å². The number of aliphatic hydroxyl groups is 1. The Morgan fingerprint density at radius 1 is 0.962 bits per heavy atom. The predicted octanol–water partition coefficient (Wildman–Crippen LogP) is 2.84. The molecule has 6 nitrogen and oxygen atoms in total. The summed E-state index contributed by atoms with van der Waals surface area (Å²) in [6.07, 6.45) is -1.01. The molecule has 1 atom stereocenters. The summed E-state index contributed by atoms with van der Waals surface area (Å²) in [6.45, 7) is 3.94. The smallest absolute Gasteiger partial charge is 0.240 e. The highest BCUT2D eigenvalue weighted by Gasteiger charge is 2.18. The fourth-order valence-corrected chi connectivity index (χ4v) is 3.52. The molecule has 0 aromatic heterocycles. The molecule has 0 aliphatic heterocycles. The van der Waals surface area contributed by atoms with Gasteiger partial charge < -0.3 is 14.6 Å². The number of benzene rings is 2. The number of hydrogen-bond donors (Lipinski definition) is 2. The number of methoxy groups -OCH3 is 2. The monoisotopic (exact) mass is 379 g/mol. The van der Waals surface area contributed by atoms with Gasteiger partial charge in [-0.05, 0) is 41.3 Å². The van der Waals surface area contributed by atoms with Gasteiger partial charge in [-0.15, -0.1) is 0 Å². The average molecular weight is 379 g/mol. The Balaban J connectivity index is 2.09. The molecule has 0 saturated heterocycles. The minimum atomic E-state index is -3.70. The summed E-state index contributed by atoms with van der Waals surface area (Å²) in [5.41, 5.74) is 1.59. The van der Waals surface area contributed by atoms with Crippen LogP contribution in [0.5, 0.6) is 11.5 Å². The molecule has 0 aliphatic rings. The largest absolute Gasteiger partial charge is 0.493 e. The van der Waals surface area contributed by atoms with Crippen molar-refractivity contribution in [2.75, 3.05) is 20.8 Å². The summed E-state index contributed by atoms with van der Waals surface area (Å²) < 4.78 is 37.6. The van der Waals surface area contributed by atoms with Crippen molar-refractivity contribution in [3.05, 3.63) is 53.6 Å². The van der Waals surface area contributed by atoms with Crippen LogP contribution in [0.3, 0.4) is 0 Å². The van der Waals surface area contributed by atoms with Gasteiger partial charge in [0, 0.05) is 6.54 Å². The molecule has 0 radical (unpaired) electrons. The number of sulfonamides is 1. The molecule has 2 aromatic rings. The second kappa shape index (κ2) is 8.53. The lowest BCUT2D eigenvalue weighted by atomic mass is 10.0. The summed E-state index contributed by atoms with van der Waals surface area (Å²) in [5.74, 6) is 1.33. The Bertz CT molecular complexity index is 832. The molecule has 0 spiro atoms. The molecular weight excluding hydrogens is 354 g/mol. The molecule has 0 bridgehead atoms. The van der Waals surface area contributed by atoms with Crippen LogP contribution >= 0.6 is 0 Å². The maximum atomic E-state index is 12.4. The molecule has 2 N–H and O–H groups in total. The van der Waals surface area contributed by atoms with Crippen LogP contribution in [-0.2, 0) is 10.0 Å². The fraction of sp³-hybridized carbons (Fsp3) is 0.368. The first kappa shape index (κ1) is 20.2. The van der Waals surface area contributed by atoms with Crippen LogP contribution < -0.4 is 14.2 Å². The van der Waals surface area contributed by atoms with Crippen molar-refractivity contribution in [2.24, 2.45) is 0 Å². The van der Waals surface area contributed by atoms with E-state index in [1.165, 1.54) is 14.2 Å². The predicted molar refractivity (Wildman–Crippen MR) is 100 cm³/mol. The highest BCUT2D eigenvalue weighted by Crippen LogP contribution is 2.30. The minimum absolute atomic E-state index is 0.149. The molecule has 0 saturated carbocycles. The van der Waals surface area contributed by atoms with Crippen molar-refractivity contribution >= 4 is 10.0 Å². The van der Waals surface area contributed by atoms with Gasteiger partial charge in [0.1, 0.15) is 0 Å². The van der Waals surface area contributed by atoms with E-state index in [2.05, 4.69) is 4.72 Å². The van der Waals surface area contributed by atoms with Gasteiger partial charge in [0.25, 0.3) is 0 Å². The van der Waals surface area contributed by atoms with E-state index < -0.39 is 16.1 Å². The van der Waals surface area contributed by atoms with Crippen LogP contribution in [0.1, 0.15) is 37.0 Å². The molecule has 0 amide bonds. The van der Waals surface area contributed by atoms with Crippen molar-refractivity contribution in [2.45, 2.75) is 30.8 Å². The van der Waals surface area contributed by atoms with Crippen molar-refractivity contribution in [1.29, 1.82) is 0 Å². The van der Waals surface area contributed by atoms with Crippen molar-refractivity contribution < 1.29 is 23.0 Å².